The van der Waals surface area contributed by atoms with E-state index in [2.05, 4.69) is 104 Å². The van der Waals surface area contributed by atoms with E-state index in [4.69, 9.17) is 9.05 Å². The van der Waals surface area contributed by atoms with E-state index in [1.54, 1.807) is 0 Å². The van der Waals surface area contributed by atoms with Crippen molar-refractivity contribution in [1.29, 1.82) is 0 Å². The van der Waals surface area contributed by atoms with Crippen LogP contribution in [0.1, 0.15) is 322 Å². The molecule has 0 aliphatic rings. The summed E-state index contributed by atoms with van der Waals surface area (Å²) in [5.41, 5.74) is 0. The lowest BCUT2D eigenvalue weighted by atomic mass is 10.0. The molecule has 0 aliphatic heterocycles. The fraction of sp³-hybridized carbons (Fsp3) is 0.795. The molecule has 0 rings (SSSR count). The second kappa shape index (κ2) is 63.2. The molecule has 0 heterocycles. The van der Waals surface area contributed by atoms with E-state index in [1.165, 1.54) is 212 Å². The first kappa shape index (κ1) is 79.7. The van der Waals surface area contributed by atoms with Crippen molar-refractivity contribution in [3.63, 3.8) is 0 Å². The van der Waals surface area contributed by atoms with Crippen LogP contribution in [0.4, 0.5) is 0 Å². The summed E-state index contributed by atoms with van der Waals surface area (Å²) in [4.78, 5) is 25.7. The average Bonchev–Trinajstić information content (AvgIpc) is 3.47. The third-order valence-corrected chi connectivity index (χ3v) is 16.6. The van der Waals surface area contributed by atoms with Gasteiger partial charge in [-0.2, -0.15) is 0 Å². The molecular weight excluding hydrogens is 1030 g/mol. The smallest absolute Gasteiger partial charge is 0.268 e. The molecular formula is C73H135N2O6P. The second-order valence-electron chi connectivity index (χ2n) is 24.9. The standard InChI is InChI=1S/C73H135N2O6P/c1-6-8-10-12-14-16-18-20-22-24-26-28-30-32-34-35-36-37-38-39-41-43-45-47-49-51-53-55-57-59-61-63-65-67-73(77)74-71(70-81-82(78,79)80-69-68-75(3,4)5)72(76)66-64-62-60-58-56-54-52-50-48-46-44-42-40-33-31-29-27-25-23-21-19-17-15-13-11-9-7-2/h8,10,14,16,20,22,26,28,32,34,36-37,39,41,71-72,76H,6-7,9,11-13,15,17-19,21,23-25,27,29-31,33,35,38,40,42-70H2,1-5H3,(H-,74,77,78,79)/b10-8-,16-14-,22-20-,28-26-,34-32-,37-36-,41-39-. The molecule has 478 valence electrons. The second-order valence-corrected chi connectivity index (χ2v) is 26.3. The van der Waals surface area contributed by atoms with Gasteiger partial charge in [-0.25, -0.2) is 0 Å². The van der Waals surface area contributed by atoms with Gasteiger partial charge in [0.2, 0.25) is 5.91 Å². The van der Waals surface area contributed by atoms with Crippen LogP contribution >= 0.6 is 7.82 Å². The van der Waals surface area contributed by atoms with Crippen LogP contribution in [0.2, 0.25) is 0 Å². The number of quaternary nitrogens is 1. The predicted molar refractivity (Wildman–Crippen MR) is 357 cm³/mol. The summed E-state index contributed by atoms with van der Waals surface area (Å²) in [6.07, 6.45) is 89.4. The van der Waals surface area contributed by atoms with Crippen LogP contribution in [0.5, 0.6) is 0 Å². The molecule has 0 aromatic rings. The molecule has 0 aliphatic carbocycles. The Labute approximate surface area is 509 Å². The highest BCUT2D eigenvalue weighted by Gasteiger charge is 2.24. The normalized spacial score (nSPS) is 14.2. The van der Waals surface area contributed by atoms with Gasteiger partial charge in [-0.05, 0) is 70.6 Å². The number of hydrogen-bond acceptors (Lipinski definition) is 6. The maximum Gasteiger partial charge on any atom is 0.268 e. The molecule has 0 radical (unpaired) electrons. The highest BCUT2D eigenvalue weighted by Crippen LogP contribution is 2.38. The number of allylic oxidation sites excluding steroid dienone is 14. The molecule has 0 fully saturated rings. The van der Waals surface area contributed by atoms with Gasteiger partial charge in [0.15, 0.2) is 0 Å². The van der Waals surface area contributed by atoms with Crippen LogP contribution in [0.25, 0.3) is 0 Å². The number of phosphoric acid groups is 1. The number of likely N-dealkylation sites (N-methyl/N-ethyl adjacent to an activating group) is 1. The number of aliphatic hydroxyl groups excluding tert-OH is 1. The van der Waals surface area contributed by atoms with Crippen molar-refractivity contribution in [2.45, 2.75) is 334 Å². The third-order valence-electron chi connectivity index (χ3n) is 15.6. The molecule has 0 aromatic heterocycles. The van der Waals surface area contributed by atoms with Gasteiger partial charge in [0.1, 0.15) is 13.2 Å². The van der Waals surface area contributed by atoms with Crippen molar-refractivity contribution in [2.24, 2.45) is 0 Å². The third kappa shape index (κ3) is 65.2. The first-order valence-electron chi connectivity index (χ1n) is 34.9. The van der Waals surface area contributed by atoms with Crippen molar-refractivity contribution in [3.05, 3.63) is 85.1 Å². The van der Waals surface area contributed by atoms with Crippen molar-refractivity contribution in [1.82, 2.24) is 5.32 Å². The number of amides is 1. The molecule has 3 atom stereocenters. The predicted octanol–water partition coefficient (Wildman–Crippen LogP) is 21.7. The van der Waals surface area contributed by atoms with Crippen LogP contribution in [-0.2, 0) is 18.4 Å². The van der Waals surface area contributed by atoms with Gasteiger partial charge in [-0.15, -0.1) is 0 Å². The van der Waals surface area contributed by atoms with Crippen LogP contribution in [0.3, 0.4) is 0 Å². The van der Waals surface area contributed by atoms with Crippen molar-refractivity contribution in [3.8, 4) is 0 Å². The van der Waals surface area contributed by atoms with Crippen LogP contribution < -0.4 is 10.2 Å². The van der Waals surface area contributed by atoms with E-state index in [0.29, 0.717) is 23.9 Å². The Balaban J connectivity index is 4.07. The van der Waals surface area contributed by atoms with Crippen LogP contribution in [0.15, 0.2) is 85.1 Å². The molecule has 0 saturated carbocycles. The maximum absolute atomic E-state index is 13.1. The number of unbranched alkanes of at least 4 members (excludes halogenated alkanes) is 37. The highest BCUT2D eigenvalue weighted by molar-refractivity contribution is 7.45. The van der Waals surface area contributed by atoms with Gasteiger partial charge in [-0.3, -0.25) is 9.36 Å². The summed E-state index contributed by atoms with van der Waals surface area (Å²) in [5.74, 6) is -0.167. The van der Waals surface area contributed by atoms with E-state index in [-0.39, 0.29) is 19.1 Å². The number of hydrogen-bond donors (Lipinski definition) is 2. The monoisotopic (exact) mass is 1170 g/mol. The molecule has 0 bridgehead atoms. The van der Waals surface area contributed by atoms with E-state index >= 15 is 0 Å². The van der Waals surface area contributed by atoms with Crippen molar-refractivity contribution in [2.75, 3.05) is 40.9 Å². The molecule has 8 nitrogen and oxygen atoms in total. The Bertz CT molecular complexity index is 1610. The van der Waals surface area contributed by atoms with Crippen LogP contribution in [0, 0.1) is 0 Å². The zero-order valence-electron chi connectivity index (χ0n) is 54.7. The van der Waals surface area contributed by atoms with Crippen molar-refractivity contribution >= 4 is 13.7 Å². The lowest BCUT2D eigenvalue weighted by Crippen LogP contribution is -2.46. The number of phosphoric ester groups is 1. The van der Waals surface area contributed by atoms with Gasteiger partial charge in [0.05, 0.1) is 39.9 Å². The maximum atomic E-state index is 13.1. The van der Waals surface area contributed by atoms with E-state index in [1.807, 2.05) is 21.1 Å². The minimum absolute atomic E-state index is 0.00914. The lowest BCUT2D eigenvalue weighted by molar-refractivity contribution is -0.870. The minimum Gasteiger partial charge on any atom is -0.756 e. The minimum atomic E-state index is -4.59. The molecule has 0 saturated heterocycles. The molecule has 1 amide bonds. The summed E-state index contributed by atoms with van der Waals surface area (Å²) in [7, 11) is 1.30. The van der Waals surface area contributed by atoms with Gasteiger partial charge < -0.3 is 28.8 Å². The number of carbonyl (C=O) groups excluding carboxylic acids is 1. The fourth-order valence-corrected chi connectivity index (χ4v) is 11.0. The molecule has 9 heteroatoms. The number of carbonyl (C=O) groups is 1. The first-order valence-corrected chi connectivity index (χ1v) is 36.4. The Kier molecular flexibility index (Phi) is 61.4. The molecule has 3 unspecified atom stereocenters. The lowest BCUT2D eigenvalue weighted by Gasteiger charge is -2.30. The quantitative estimate of drug-likeness (QED) is 0.0272. The van der Waals surface area contributed by atoms with Gasteiger partial charge in [0.25, 0.3) is 7.82 Å². The molecule has 2 N–H and O–H groups in total. The Morgan fingerprint density at radius 2 is 0.744 bits per heavy atom. The topological polar surface area (TPSA) is 108 Å². The average molecular weight is 1170 g/mol. The number of nitrogens with one attached hydrogen (secondary N) is 1. The summed E-state index contributed by atoms with van der Waals surface area (Å²) in [5, 5.41) is 14.1. The zero-order valence-corrected chi connectivity index (χ0v) is 55.6. The Morgan fingerprint density at radius 1 is 0.439 bits per heavy atom. The SMILES string of the molecule is CC/C=C\C/C=C\C/C=C\C/C=C\C/C=C\C/C=C\C/C=C\CCCCCCCCCCCCCC(=O)NC(COP(=O)([O-])OCC[N+](C)(C)C)C(O)CCCCCCCCCCCCCCCCCCCCCCCCCCCCC. The van der Waals surface area contributed by atoms with E-state index in [0.717, 1.165) is 83.5 Å². The fourth-order valence-electron chi connectivity index (χ4n) is 10.3. The summed E-state index contributed by atoms with van der Waals surface area (Å²) < 4.78 is 23.5. The molecule has 82 heavy (non-hydrogen) atoms. The van der Waals surface area contributed by atoms with E-state index in [9.17, 15) is 19.4 Å². The Hall–Kier alpha value is -2.32. The Morgan fingerprint density at radius 3 is 1.09 bits per heavy atom. The van der Waals surface area contributed by atoms with Gasteiger partial charge in [-0.1, -0.05) is 330 Å². The first-order chi connectivity index (χ1) is 40.0. The zero-order chi connectivity index (χ0) is 59.8. The summed E-state index contributed by atoms with van der Waals surface area (Å²) in [6, 6.07) is -0.809. The van der Waals surface area contributed by atoms with Crippen LogP contribution in [-0.4, -0.2) is 68.5 Å². The van der Waals surface area contributed by atoms with Gasteiger partial charge in [0, 0.05) is 6.42 Å². The molecule has 0 aromatic carbocycles. The highest BCUT2D eigenvalue weighted by atomic mass is 31.2. The largest absolute Gasteiger partial charge is 0.756 e. The number of rotatable bonds is 64. The summed E-state index contributed by atoms with van der Waals surface area (Å²) >= 11 is 0. The molecule has 0 spiro atoms. The van der Waals surface area contributed by atoms with E-state index < -0.39 is 20.0 Å². The number of aliphatic hydroxyl groups is 1. The van der Waals surface area contributed by atoms with Crippen molar-refractivity contribution < 1.29 is 32.9 Å². The number of nitrogens with zero attached hydrogens (tertiary/aromatic N) is 1. The van der Waals surface area contributed by atoms with Gasteiger partial charge >= 0.3 is 0 Å². The summed E-state index contributed by atoms with van der Waals surface area (Å²) in [6.45, 7) is 4.64.